The van der Waals surface area contributed by atoms with Crippen LogP contribution in [0.4, 0.5) is 4.39 Å². The third-order valence-corrected chi connectivity index (χ3v) is 3.95. The number of halogens is 3. The lowest BCUT2D eigenvalue weighted by atomic mass is 10.2. The van der Waals surface area contributed by atoms with Gasteiger partial charge in [0.25, 0.3) is 0 Å². The molecule has 0 amide bonds. The van der Waals surface area contributed by atoms with Crippen LogP contribution in [0.1, 0.15) is 10.4 Å². The summed E-state index contributed by atoms with van der Waals surface area (Å²) in [6.45, 7) is 0.405. The van der Waals surface area contributed by atoms with E-state index < -0.39 is 0 Å². The van der Waals surface area contributed by atoms with E-state index in [9.17, 15) is 4.39 Å². The number of alkyl halides is 1. The molecule has 2 aromatic rings. The molecule has 0 fully saturated rings. The smallest absolute Gasteiger partial charge is 0.127 e. The highest BCUT2D eigenvalue weighted by Gasteiger charge is 2.03. The summed E-state index contributed by atoms with van der Waals surface area (Å²) in [6, 6.07) is 8.39. The Morgan fingerprint density at radius 1 is 1.29 bits per heavy atom. The fraction of sp³-hybridized carbons (Fsp3) is 0.167. The zero-order valence-electron chi connectivity index (χ0n) is 8.75. The molecule has 5 heteroatoms. The fourth-order valence-electron chi connectivity index (χ4n) is 1.37. The first-order chi connectivity index (χ1) is 8.17. The van der Waals surface area contributed by atoms with Gasteiger partial charge < -0.3 is 4.74 Å². The van der Waals surface area contributed by atoms with Gasteiger partial charge >= 0.3 is 0 Å². The fourth-order valence-corrected chi connectivity index (χ4v) is 2.69. The van der Waals surface area contributed by atoms with Gasteiger partial charge in [0.15, 0.2) is 0 Å². The summed E-state index contributed by atoms with van der Waals surface area (Å²) >= 11 is 10.6. The first kappa shape index (κ1) is 12.9. The predicted octanol–water partition coefficient (Wildman–Crippen LogP) is 5.01. The van der Waals surface area contributed by atoms with Crippen LogP contribution < -0.4 is 4.74 Å². The van der Waals surface area contributed by atoms with Crippen molar-refractivity contribution in [3.05, 3.63) is 50.9 Å². The lowest BCUT2D eigenvalue weighted by Crippen LogP contribution is -1.94. The molecule has 0 saturated carbocycles. The van der Waals surface area contributed by atoms with Gasteiger partial charge in [0.05, 0.1) is 4.34 Å². The highest BCUT2D eigenvalue weighted by molar-refractivity contribution is 9.08. The molecule has 1 aromatic heterocycles. The molecule has 0 aliphatic heterocycles. The van der Waals surface area contributed by atoms with Gasteiger partial charge in [0.2, 0.25) is 0 Å². The lowest BCUT2D eigenvalue weighted by Gasteiger charge is -2.06. The molecule has 0 N–H and O–H groups in total. The minimum atomic E-state index is -0.291. The summed E-state index contributed by atoms with van der Waals surface area (Å²) in [5.41, 5.74) is 0.851. The van der Waals surface area contributed by atoms with Crippen molar-refractivity contribution in [1.82, 2.24) is 0 Å². The van der Waals surface area contributed by atoms with Gasteiger partial charge in [-0.25, -0.2) is 4.39 Å². The molecule has 1 heterocycles. The zero-order valence-corrected chi connectivity index (χ0v) is 11.9. The van der Waals surface area contributed by atoms with Crippen LogP contribution in [0.15, 0.2) is 30.3 Å². The number of benzene rings is 1. The number of hydrogen-bond acceptors (Lipinski definition) is 2. The summed E-state index contributed by atoms with van der Waals surface area (Å²) in [5.74, 6) is 0.241. The predicted molar refractivity (Wildman–Crippen MR) is 72.7 cm³/mol. The largest absolute Gasteiger partial charge is 0.488 e. The molecule has 0 unspecified atom stereocenters. The maximum Gasteiger partial charge on any atom is 0.127 e. The van der Waals surface area contributed by atoms with Gasteiger partial charge in [-0.3, -0.25) is 0 Å². The molecule has 0 atom stereocenters. The maximum absolute atomic E-state index is 13.2. The molecular weight excluding hydrogens is 327 g/mol. The van der Waals surface area contributed by atoms with Crippen LogP contribution in [-0.4, -0.2) is 0 Å². The van der Waals surface area contributed by atoms with E-state index in [1.807, 2.05) is 18.2 Å². The van der Waals surface area contributed by atoms with Gasteiger partial charge in [-0.05, 0) is 29.8 Å². The molecule has 2 rings (SSSR count). The highest BCUT2D eigenvalue weighted by Crippen LogP contribution is 2.24. The molecule has 0 aliphatic carbocycles. The minimum Gasteiger partial charge on any atom is -0.488 e. The van der Waals surface area contributed by atoms with Crippen LogP contribution >= 0.6 is 38.9 Å². The average molecular weight is 336 g/mol. The van der Waals surface area contributed by atoms with Crippen LogP contribution in [0.3, 0.4) is 0 Å². The van der Waals surface area contributed by atoms with E-state index in [0.29, 0.717) is 17.7 Å². The summed E-state index contributed by atoms with van der Waals surface area (Å²) < 4.78 is 19.5. The Morgan fingerprint density at radius 2 is 2.12 bits per heavy atom. The van der Waals surface area contributed by atoms with Gasteiger partial charge in [0, 0.05) is 16.3 Å². The summed E-state index contributed by atoms with van der Waals surface area (Å²) in [7, 11) is 0. The van der Waals surface area contributed by atoms with Crippen molar-refractivity contribution < 1.29 is 9.13 Å². The molecule has 17 heavy (non-hydrogen) atoms. The van der Waals surface area contributed by atoms with Crippen LogP contribution in [0.5, 0.6) is 5.75 Å². The molecule has 0 spiro atoms. The van der Waals surface area contributed by atoms with Crippen molar-refractivity contribution in [2.24, 2.45) is 0 Å². The molecule has 0 aliphatic rings. The van der Waals surface area contributed by atoms with Gasteiger partial charge in [-0.2, -0.15) is 0 Å². The second-order valence-corrected chi connectivity index (χ2v) is 5.78. The second kappa shape index (κ2) is 5.85. The summed E-state index contributed by atoms with van der Waals surface area (Å²) in [4.78, 5) is 1.01. The Kier molecular flexibility index (Phi) is 4.42. The van der Waals surface area contributed by atoms with E-state index in [4.69, 9.17) is 16.3 Å². The first-order valence-electron chi connectivity index (χ1n) is 4.90. The zero-order chi connectivity index (χ0) is 12.3. The Balaban J connectivity index is 2.05. The molecule has 1 nitrogen and oxygen atoms in total. The van der Waals surface area contributed by atoms with E-state index in [1.165, 1.54) is 23.5 Å². The van der Waals surface area contributed by atoms with E-state index >= 15 is 0 Å². The normalized spacial score (nSPS) is 10.5. The Labute approximate surface area is 116 Å². The first-order valence-corrected chi connectivity index (χ1v) is 7.21. The number of hydrogen-bond donors (Lipinski definition) is 0. The van der Waals surface area contributed by atoms with E-state index in [-0.39, 0.29) is 5.82 Å². The summed E-state index contributed by atoms with van der Waals surface area (Å²) in [5, 5.41) is 0.603. The third-order valence-electron chi connectivity index (χ3n) is 2.10. The SMILES string of the molecule is Fc1cc(CBr)cc(OCc2ccc(Cl)s2)c1. The molecule has 0 bridgehead atoms. The maximum atomic E-state index is 13.2. The molecule has 90 valence electrons. The van der Waals surface area contributed by atoms with Crippen molar-refractivity contribution in [2.75, 3.05) is 0 Å². The van der Waals surface area contributed by atoms with Crippen molar-refractivity contribution in [3.8, 4) is 5.75 Å². The Hall–Kier alpha value is -0.580. The molecule has 0 radical (unpaired) electrons. The van der Waals surface area contributed by atoms with Gasteiger partial charge in [-0.15, -0.1) is 11.3 Å². The quantitative estimate of drug-likeness (QED) is 0.713. The van der Waals surface area contributed by atoms with Crippen LogP contribution in [0.2, 0.25) is 4.34 Å². The number of thiophene rings is 1. The topological polar surface area (TPSA) is 9.23 Å². The van der Waals surface area contributed by atoms with E-state index in [2.05, 4.69) is 15.9 Å². The Morgan fingerprint density at radius 3 is 2.76 bits per heavy atom. The third kappa shape index (κ3) is 3.69. The van der Waals surface area contributed by atoms with Crippen molar-refractivity contribution in [3.63, 3.8) is 0 Å². The Bertz CT molecular complexity index is 515. The van der Waals surface area contributed by atoms with Crippen molar-refractivity contribution in [1.29, 1.82) is 0 Å². The van der Waals surface area contributed by atoms with Crippen LogP contribution in [-0.2, 0) is 11.9 Å². The van der Waals surface area contributed by atoms with Crippen molar-refractivity contribution in [2.45, 2.75) is 11.9 Å². The molecule has 1 aromatic carbocycles. The molecule has 0 saturated heterocycles. The van der Waals surface area contributed by atoms with E-state index in [0.717, 1.165) is 14.8 Å². The summed E-state index contributed by atoms with van der Waals surface area (Å²) in [6.07, 6.45) is 0. The van der Waals surface area contributed by atoms with Gasteiger partial charge in [-0.1, -0.05) is 27.5 Å². The number of ether oxygens (including phenoxy) is 1. The van der Waals surface area contributed by atoms with E-state index in [1.54, 1.807) is 0 Å². The second-order valence-electron chi connectivity index (χ2n) is 3.42. The minimum absolute atomic E-state index is 0.291. The number of rotatable bonds is 4. The lowest BCUT2D eigenvalue weighted by molar-refractivity contribution is 0.308. The monoisotopic (exact) mass is 334 g/mol. The van der Waals surface area contributed by atoms with Crippen molar-refractivity contribution >= 4 is 38.9 Å². The average Bonchev–Trinajstić information content (AvgIpc) is 2.72. The van der Waals surface area contributed by atoms with Gasteiger partial charge in [0.1, 0.15) is 18.2 Å². The standard InChI is InChI=1S/C12H9BrClFOS/c13-6-8-3-9(15)5-10(4-8)16-7-11-1-2-12(14)17-11/h1-5H,6-7H2. The van der Waals surface area contributed by atoms with Crippen LogP contribution in [0, 0.1) is 5.82 Å². The highest BCUT2D eigenvalue weighted by atomic mass is 79.9. The molecular formula is C12H9BrClFOS. The van der Waals surface area contributed by atoms with Crippen LogP contribution in [0.25, 0.3) is 0 Å².